The van der Waals surface area contributed by atoms with Crippen LogP contribution in [0.25, 0.3) is 0 Å². The van der Waals surface area contributed by atoms with Gasteiger partial charge in [0.15, 0.2) is 0 Å². The second-order valence-corrected chi connectivity index (χ2v) is 6.14. The minimum absolute atomic E-state index is 0.0270. The number of carbonyl (C=O) groups is 1. The first-order valence-corrected chi connectivity index (χ1v) is 7.62. The maximum absolute atomic E-state index is 11.8. The predicted octanol–water partition coefficient (Wildman–Crippen LogP) is 3.22. The molecular formula is C14H15BrN2OS. The summed E-state index contributed by atoms with van der Waals surface area (Å²) in [7, 11) is 0. The van der Waals surface area contributed by atoms with Gasteiger partial charge in [0.2, 0.25) is 5.91 Å². The van der Waals surface area contributed by atoms with Gasteiger partial charge < -0.3 is 11.1 Å². The Morgan fingerprint density at radius 3 is 2.74 bits per heavy atom. The van der Waals surface area contributed by atoms with E-state index in [2.05, 4.69) is 21.2 Å². The van der Waals surface area contributed by atoms with Crippen molar-refractivity contribution in [1.82, 2.24) is 5.32 Å². The number of amides is 1. The van der Waals surface area contributed by atoms with Gasteiger partial charge in [-0.25, -0.2) is 0 Å². The Kier molecular flexibility index (Phi) is 5.13. The second kappa shape index (κ2) is 6.84. The number of carbonyl (C=O) groups excluding carboxylic acids is 1. The number of rotatable bonds is 5. The summed E-state index contributed by atoms with van der Waals surface area (Å²) in [6.07, 6.45) is 0.302. The van der Waals surface area contributed by atoms with E-state index in [1.165, 1.54) is 0 Å². The number of hydrogen-bond donors (Lipinski definition) is 2. The van der Waals surface area contributed by atoms with E-state index < -0.39 is 0 Å². The van der Waals surface area contributed by atoms with E-state index in [9.17, 15) is 4.79 Å². The molecule has 100 valence electrons. The molecule has 3 N–H and O–H groups in total. The number of halogens is 1. The van der Waals surface area contributed by atoms with Crippen molar-refractivity contribution in [2.45, 2.75) is 19.0 Å². The zero-order valence-electron chi connectivity index (χ0n) is 10.3. The quantitative estimate of drug-likeness (QED) is 0.879. The number of nitrogens with one attached hydrogen (secondary N) is 1. The molecule has 3 nitrogen and oxygen atoms in total. The Morgan fingerprint density at radius 1 is 1.37 bits per heavy atom. The van der Waals surface area contributed by atoms with Crippen LogP contribution in [-0.2, 0) is 11.3 Å². The normalized spacial score (nSPS) is 12.1. The van der Waals surface area contributed by atoms with Crippen molar-refractivity contribution in [3.63, 3.8) is 0 Å². The third-order valence-electron chi connectivity index (χ3n) is 2.71. The first-order valence-electron chi connectivity index (χ1n) is 5.95. The number of benzene rings is 1. The zero-order chi connectivity index (χ0) is 13.7. The third kappa shape index (κ3) is 4.45. The van der Waals surface area contributed by atoms with Crippen LogP contribution >= 0.6 is 27.3 Å². The minimum Gasteiger partial charge on any atom is -0.351 e. The van der Waals surface area contributed by atoms with E-state index in [-0.39, 0.29) is 11.9 Å². The van der Waals surface area contributed by atoms with Crippen molar-refractivity contribution in [2.75, 3.05) is 0 Å². The highest BCUT2D eigenvalue weighted by Gasteiger charge is 2.11. The largest absolute Gasteiger partial charge is 0.351 e. The van der Waals surface area contributed by atoms with Gasteiger partial charge in [0.25, 0.3) is 0 Å². The molecule has 1 heterocycles. The number of hydrogen-bond acceptors (Lipinski definition) is 3. The summed E-state index contributed by atoms with van der Waals surface area (Å²) in [6.45, 7) is 0.552. The van der Waals surface area contributed by atoms with Crippen LogP contribution in [-0.4, -0.2) is 5.91 Å². The van der Waals surface area contributed by atoms with Gasteiger partial charge in [0, 0.05) is 27.2 Å². The molecule has 1 amide bonds. The Hall–Kier alpha value is -1.17. The first-order chi connectivity index (χ1) is 9.15. The van der Waals surface area contributed by atoms with Crippen LogP contribution in [0.2, 0.25) is 0 Å². The molecular weight excluding hydrogens is 324 g/mol. The summed E-state index contributed by atoms with van der Waals surface area (Å²) in [5.74, 6) is -0.0270. The maximum Gasteiger partial charge on any atom is 0.222 e. The topological polar surface area (TPSA) is 55.1 Å². The predicted molar refractivity (Wildman–Crippen MR) is 81.9 cm³/mol. The van der Waals surface area contributed by atoms with Crippen molar-refractivity contribution in [1.29, 1.82) is 0 Å². The van der Waals surface area contributed by atoms with Gasteiger partial charge in [0.1, 0.15) is 0 Å². The molecule has 5 heteroatoms. The lowest BCUT2D eigenvalue weighted by Gasteiger charge is -2.11. The monoisotopic (exact) mass is 338 g/mol. The summed E-state index contributed by atoms with van der Waals surface area (Å²) in [5, 5.41) is 4.88. The van der Waals surface area contributed by atoms with E-state index in [1.54, 1.807) is 11.3 Å². The van der Waals surface area contributed by atoms with Crippen LogP contribution in [0.15, 0.2) is 46.3 Å². The van der Waals surface area contributed by atoms with Crippen molar-refractivity contribution in [3.8, 4) is 0 Å². The molecule has 1 unspecified atom stereocenters. The van der Waals surface area contributed by atoms with Crippen LogP contribution in [0.1, 0.15) is 22.9 Å². The molecule has 2 rings (SSSR count). The van der Waals surface area contributed by atoms with Crippen molar-refractivity contribution in [2.24, 2.45) is 5.73 Å². The Labute approximate surface area is 125 Å². The molecule has 0 fully saturated rings. The average Bonchev–Trinajstić information content (AvgIpc) is 2.83. The molecule has 0 aliphatic rings. The Bertz CT molecular complexity index is 541. The summed E-state index contributed by atoms with van der Waals surface area (Å²) in [6, 6.07) is 11.4. The van der Waals surface area contributed by atoms with Crippen LogP contribution in [0.4, 0.5) is 0 Å². The summed E-state index contributed by atoms with van der Waals surface area (Å²) in [4.78, 5) is 12.9. The molecule has 1 aromatic carbocycles. The molecule has 0 aliphatic carbocycles. The van der Waals surface area contributed by atoms with E-state index in [1.807, 2.05) is 41.8 Å². The van der Waals surface area contributed by atoms with Crippen LogP contribution in [0.5, 0.6) is 0 Å². The summed E-state index contributed by atoms with van der Waals surface area (Å²) < 4.78 is 1.04. The van der Waals surface area contributed by atoms with Crippen LogP contribution in [0.3, 0.4) is 0 Å². The highest BCUT2D eigenvalue weighted by molar-refractivity contribution is 9.10. The smallest absolute Gasteiger partial charge is 0.222 e. The first kappa shape index (κ1) is 14.2. The molecule has 0 radical (unpaired) electrons. The standard InChI is InChI=1S/C14H15BrN2OS/c15-11-6-12(19-9-11)8-17-14(18)7-13(16)10-4-2-1-3-5-10/h1-6,9,13H,7-8,16H2,(H,17,18). The zero-order valence-corrected chi connectivity index (χ0v) is 12.7. The molecule has 0 aliphatic heterocycles. The maximum atomic E-state index is 11.8. The van der Waals surface area contributed by atoms with E-state index in [0.29, 0.717) is 13.0 Å². The van der Waals surface area contributed by atoms with Gasteiger partial charge >= 0.3 is 0 Å². The van der Waals surface area contributed by atoms with Gasteiger partial charge in [-0.2, -0.15) is 0 Å². The second-order valence-electron chi connectivity index (χ2n) is 4.23. The summed E-state index contributed by atoms with van der Waals surface area (Å²) >= 11 is 5.00. The van der Waals surface area contributed by atoms with Gasteiger partial charge in [0.05, 0.1) is 6.54 Å². The summed E-state index contributed by atoms with van der Waals surface area (Å²) in [5.41, 5.74) is 6.99. The highest BCUT2D eigenvalue weighted by Crippen LogP contribution is 2.19. The lowest BCUT2D eigenvalue weighted by atomic mass is 10.0. The third-order valence-corrected chi connectivity index (χ3v) is 4.41. The molecule has 0 saturated carbocycles. The van der Waals surface area contributed by atoms with Crippen molar-refractivity contribution < 1.29 is 4.79 Å². The van der Waals surface area contributed by atoms with Gasteiger partial charge in [-0.05, 0) is 27.6 Å². The van der Waals surface area contributed by atoms with Gasteiger partial charge in [-0.1, -0.05) is 30.3 Å². The highest BCUT2D eigenvalue weighted by atomic mass is 79.9. The fraction of sp³-hybridized carbons (Fsp3) is 0.214. The fourth-order valence-corrected chi connectivity index (χ4v) is 3.11. The Morgan fingerprint density at radius 2 is 2.11 bits per heavy atom. The van der Waals surface area contributed by atoms with Gasteiger partial charge in [-0.3, -0.25) is 4.79 Å². The molecule has 19 heavy (non-hydrogen) atoms. The SMILES string of the molecule is NC(CC(=O)NCc1cc(Br)cs1)c1ccccc1. The van der Waals surface area contributed by atoms with E-state index in [0.717, 1.165) is 14.9 Å². The van der Waals surface area contributed by atoms with Gasteiger partial charge in [-0.15, -0.1) is 11.3 Å². The average molecular weight is 339 g/mol. The van der Waals surface area contributed by atoms with E-state index in [4.69, 9.17) is 5.73 Å². The minimum atomic E-state index is -0.253. The van der Waals surface area contributed by atoms with E-state index >= 15 is 0 Å². The molecule has 1 aromatic heterocycles. The van der Waals surface area contributed by atoms with Crippen LogP contribution < -0.4 is 11.1 Å². The molecule has 2 aromatic rings. The van der Waals surface area contributed by atoms with Crippen molar-refractivity contribution >= 4 is 33.2 Å². The number of nitrogens with two attached hydrogens (primary N) is 1. The molecule has 0 saturated heterocycles. The van der Waals surface area contributed by atoms with Crippen LogP contribution in [0, 0.1) is 0 Å². The lowest BCUT2D eigenvalue weighted by molar-refractivity contribution is -0.121. The number of thiophene rings is 1. The van der Waals surface area contributed by atoms with Crippen molar-refractivity contribution in [3.05, 3.63) is 56.7 Å². The Balaban J connectivity index is 1.81. The lowest BCUT2D eigenvalue weighted by Crippen LogP contribution is -2.26. The molecule has 1 atom stereocenters. The molecule has 0 spiro atoms. The molecule has 0 bridgehead atoms. The fourth-order valence-electron chi connectivity index (χ4n) is 1.72.